The molecule has 2 aliphatic rings. The van der Waals surface area contributed by atoms with Gasteiger partial charge in [0.25, 0.3) is 0 Å². The van der Waals surface area contributed by atoms with Gasteiger partial charge in [0.1, 0.15) is 0 Å². The Balaban J connectivity index is 1.76. The first-order valence-electron chi connectivity index (χ1n) is 7.81. The summed E-state index contributed by atoms with van der Waals surface area (Å²) in [6.45, 7) is 5.47. The molecule has 1 saturated heterocycles. The van der Waals surface area contributed by atoms with E-state index in [-0.39, 0.29) is 12.2 Å². The second kappa shape index (κ2) is 7.58. The highest BCUT2D eigenvalue weighted by molar-refractivity contribution is 4.92. The number of hydrogen-bond acceptors (Lipinski definition) is 4. The molecule has 19 heavy (non-hydrogen) atoms. The van der Waals surface area contributed by atoms with Gasteiger partial charge < -0.3 is 14.8 Å². The van der Waals surface area contributed by atoms with E-state index in [0.29, 0.717) is 0 Å². The number of likely N-dealkylation sites (tertiary alicyclic amines) is 1. The molecule has 112 valence electrons. The van der Waals surface area contributed by atoms with E-state index in [1.165, 1.54) is 32.1 Å². The lowest BCUT2D eigenvalue weighted by molar-refractivity contribution is -0.00461. The second-order valence-electron chi connectivity index (χ2n) is 5.96. The van der Waals surface area contributed by atoms with Gasteiger partial charge in [-0.15, -0.1) is 0 Å². The summed E-state index contributed by atoms with van der Waals surface area (Å²) in [7, 11) is 3.59. The average molecular weight is 270 g/mol. The first-order valence-corrected chi connectivity index (χ1v) is 7.81. The fourth-order valence-electron chi connectivity index (χ4n) is 3.52. The molecule has 0 aromatic heterocycles. The van der Waals surface area contributed by atoms with Crippen LogP contribution in [0.5, 0.6) is 0 Å². The molecule has 1 N–H and O–H groups in total. The van der Waals surface area contributed by atoms with E-state index in [1.54, 1.807) is 14.2 Å². The molecule has 2 rings (SSSR count). The Kier molecular flexibility index (Phi) is 6.07. The maximum Gasteiger partial charge on any atom is 0.0971 e. The summed E-state index contributed by atoms with van der Waals surface area (Å²) in [4.78, 5) is 2.58. The topological polar surface area (TPSA) is 33.7 Å². The van der Waals surface area contributed by atoms with Crippen molar-refractivity contribution in [1.82, 2.24) is 10.2 Å². The molecule has 4 nitrogen and oxygen atoms in total. The number of nitrogens with one attached hydrogen (secondary N) is 1. The van der Waals surface area contributed by atoms with E-state index in [0.717, 1.165) is 31.7 Å². The van der Waals surface area contributed by atoms with Crippen molar-refractivity contribution in [3.63, 3.8) is 0 Å². The second-order valence-corrected chi connectivity index (χ2v) is 5.96. The van der Waals surface area contributed by atoms with Crippen molar-refractivity contribution in [2.45, 2.75) is 63.3 Å². The van der Waals surface area contributed by atoms with Crippen LogP contribution in [0.3, 0.4) is 0 Å². The van der Waals surface area contributed by atoms with Crippen LogP contribution in [-0.2, 0) is 9.47 Å². The fourth-order valence-corrected chi connectivity index (χ4v) is 3.52. The lowest BCUT2D eigenvalue weighted by atomic mass is 9.90. The highest BCUT2D eigenvalue weighted by Crippen LogP contribution is 2.27. The standard InChI is InChI=1S/C15H30N2O2/c1-4-9-16-12-5-7-13(8-6-12)17-10-14(18-2)15(11-17)19-3/h12-16H,4-11H2,1-3H3. The predicted octanol–water partition coefficient (Wildman–Crippen LogP) is 1.64. The van der Waals surface area contributed by atoms with Crippen molar-refractivity contribution in [3.8, 4) is 0 Å². The van der Waals surface area contributed by atoms with E-state index in [4.69, 9.17) is 9.47 Å². The van der Waals surface area contributed by atoms with Gasteiger partial charge in [0.2, 0.25) is 0 Å². The maximum atomic E-state index is 5.53. The number of nitrogens with zero attached hydrogens (tertiary/aromatic N) is 1. The van der Waals surface area contributed by atoms with Crippen molar-refractivity contribution in [2.24, 2.45) is 0 Å². The molecule has 1 heterocycles. The predicted molar refractivity (Wildman–Crippen MR) is 77.5 cm³/mol. The highest BCUT2D eigenvalue weighted by atomic mass is 16.5. The number of methoxy groups -OCH3 is 2. The monoisotopic (exact) mass is 270 g/mol. The molecule has 2 unspecified atom stereocenters. The summed E-state index contributed by atoms with van der Waals surface area (Å²) in [6.07, 6.45) is 6.99. The summed E-state index contributed by atoms with van der Waals surface area (Å²) < 4.78 is 11.1. The maximum absolute atomic E-state index is 5.53. The lowest BCUT2D eigenvalue weighted by Gasteiger charge is -2.35. The quantitative estimate of drug-likeness (QED) is 0.795. The average Bonchev–Trinajstić information content (AvgIpc) is 2.89. The fraction of sp³-hybridized carbons (Fsp3) is 1.00. The Morgan fingerprint density at radius 3 is 2.05 bits per heavy atom. The van der Waals surface area contributed by atoms with Gasteiger partial charge in [0.05, 0.1) is 12.2 Å². The molecule has 1 aliphatic carbocycles. The van der Waals surface area contributed by atoms with Crippen LogP contribution in [0.2, 0.25) is 0 Å². The van der Waals surface area contributed by atoms with Gasteiger partial charge in [0.15, 0.2) is 0 Å². The number of hydrogen-bond donors (Lipinski definition) is 1. The molecule has 1 aliphatic heterocycles. The smallest absolute Gasteiger partial charge is 0.0971 e. The molecule has 0 bridgehead atoms. The minimum absolute atomic E-state index is 0.251. The zero-order valence-electron chi connectivity index (χ0n) is 12.7. The van der Waals surface area contributed by atoms with Crippen LogP contribution in [0.4, 0.5) is 0 Å². The van der Waals surface area contributed by atoms with Crippen LogP contribution in [0, 0.1) is 0 Å². The van der Waals surface area contributed by atoms with Gasteiger partial charge in [0, 0.05) is 39.4 Å². The van der Waals surface area contributed by atoms with Crippen LogP contribution >= 0.6 is 0 Å². The van der Waals surface area contributed by atoms with E-state index >= 15 is 0 Å². The van der Waals surface area contributed by atoms with Gasteiger partial charge in [-0.1, -0.05) is 6.92 Å². The molecule has 0 aromatic rings. The van der Waals surface area contributed by atoms with Gasteiger partial charge in [-0.3, -0.25) is 4.90 Å². The molecule has 0 amide bonds. The summed E-state index contributed by atoms with van der Waals surface area (Å²) in [5.41, 5.74) is 0. The third kappa shape index (κ3) is 3.91. The van der Waals surface area contributed by atoms with E-state index in [2.05, 4.69) is 17.1 Å². The Labute approximate surface area is 117 Å². The van der Waals surface area contributed by atoms with E-state index in [9.17, 15) is 0 Å². The molecule has 4 heteroatoms. The zero-order chi connectivity index (χ0) is 13.7. The van der Waals surface area contributed by atoms with Crippen LogP contribution < -0.4 is 5.32 Å². The zero-order valence-corrected chi connectivity index (χ0v) is 12.7. The molecular formula is C15H30N2O2. The van der Waals surface area contributed by atoms with Crippen LogP contribution in [-0.4, -0.2) is 63.0 Å². The van der Waals surface area contributed by atoms with Gasteiger partial charge in [-0.05, 0) is 38.6 Å². The van der Waals surface area contributed by atoms with Gasteiger partial charge in [-0.25, -0.2) is 0 Å². The third-order valence-electron chi connectivity index (χ3n) is 4.75. The van der Waals surface area contributed by atoms with Gasteiger partial charge in [-0.2, -0.15) is 0 Å². The summed E-state index contributed by atoms with van der Waals surface area (Å²) in [5.74, 6) is 0. The van der Waals surface area contributed by atoms with E-state index in [1.807, 2.05) is 0 Å². The minimum Gasteiger partial charge on any atom is -0.377 e. The van der Waals surface area contributed by atoms with Crippen LogP contribution in [0.15, 0.2) is 0 Å². The highest BCUT2D eigenvalue weighted by Gasteiger charge is 2.37. The molecule has 0 spiro atoms. The van der Waals surface area contributed by atoms with Crippen molar-refractivity contribution < 1.29 is 9.47 Å². The molecule has 0 aromatic carbocycles. The normalized spacial score (nSPS) is 36.8. The molecule has 2 atom stereocenters. The number of ether oxygens (including phenoxy) is 2. The summed E-state index contributed by atoms with van der Waals surface area (Å²) >= 11 is 0. The Morgan fingerprint density at radius 2 is 1.58 bits per heavy atom. The largest absolute Gasteiger partial charge is 0.377 e. The minimum atomic E-state index is 0.251. The molecular weight excluding hydrogens is 240 g/mol. The van der Waals surface area contributed by atoms with Crippen LogP contribution in [0.1, 0.15) is 39.0 Å². The van der Waals surface area contributed by atoms with Gasteiger partial charge >= 0.3 is 0 Å². The molecule has 2 fully saturated rings. The first-order chi connectivity index (χ1) is 9.28. The van der Waals surface area contributed by atoms with Crippen molar-refractivity contribution in [2.75, 3.05) is 33.9 Å². The van der Waals surface area contributed by atoms with E-state index < -0.39 is 0 Å². The number of rotatable bonds is 6. The summed E-state index contributed by atoms with van der Waals surface area (Å²) in [6, 6.07) is 1.48. The molecule has 1 saturated carbocycles. The molecule has 0 radical (unpaired) electrons. The van der Waals surface area contributed by atoms with Crippen molar-refractivity contribution in [3.05, 3.63) is 0 Å². The Bertz CT molecular complexity index is 243. The first kappa shape index (κ1) is 15.2. The lowest BCUT2D eigenvalue weighted by Crippen LogP contribution is -2.42. The third-order valence-corrected chi connectivity index (χ3v) is 4.75. The van der Waals surface area contributed by atoms with Crippen molar-refractivity contribution >= 4 is 0 Å². The SMILES string of the molecule is CCCNC1CCC(N2CC(OC)C(OC)C2)CC1. The Morgan fingerprint density at radius 1 is 1.00 bits per heavy atom. The van der Waals surface area contributed by atoms with Crippen LogP contribution in [0.25, 0.3) is 0 Å². The Hall–Kier alpha value is -0.160. The van der Waals surface area contributed by atoms with Crippen molar-refractivity contribution in [1.29, 1.82) is 0 Å². The summed E-state index contributed by atoms with van der Waals surface area (Å²) in [5, 5.41) is 3.65.